The number of rotatable bonds is 8. The number of ether oxygens (including phenoxy) is 1. The maximum absolute atomic E-state index is 13.0. The summed E-state index contributed by atoms with van der Waals surface area (Å²) in [6.07, 6.45) is 9.31. The number of nitrogens with zero attached hydrogens (tertiary/aromatic N) is 5. The Labute approximate surface area is 165 Å². The summed E-state index contributed by atoms with van der Waals surface area (Å²) >= 11 is 0. The number of carbonyl (C=O) groups excluding carboxylic acids is 1. The predicted octanol–water partition coefficient (Wildman–Crippen LogP) is 3.01. The molecule has 2 aliphatic rings. The molecule has 1 aliphatic carbocycles. The summed E-state index contributed by atoms with van der Waals surface area (Å²) in [4.78, 5) is 19.3. The molecule has 8 nitrogen and oxygen atoms in total. The standard InChI is InChI=1S/C20H29N5O3/c1-2-25-17(9-11-21-25)20(26)24-12-5-8-16(24)19-22-18(23-28-19)10-13-27-14-15-6-3-4-7-15/h9,11,15-16H,2-8,10,12-14H2,1H3. The van der Waals surface area contributed by atoms with E-state index in [9.17, 15) is 4.79 Å². The van der Waals surface area contributed by atoms with Crippen molar-refractivity contribution in [2.45, 2.75) is 64.5 Å². The van der Waals surface area contributed by atoms with Gasteiger partial charge in [-0.05, 0) is 44.6 Å². The van der Waals surface area contributed by atoms with E-state index >= 15 is 0 Å². The molecule has 152 valence electrons. The van der Waals surface area contributed by atoms with Crippen LogP contribution in [0.1, 0.15) is 73.7 Å². The highest BCUT2D eigenvalue weighted by molar-refractivity contribution is 5.93. The Morgan fingerprint density at radius 1 is 1.29 bits per heavy atom. The van der Waals surface area contributed by atoms with E-state index in [1.165, 1.54) is 25.7 Å². The number of carbonyl (C=O) groups is 1. The van der Waals surface area contributed by atoms with E-state index in [0.29, 0.717) is 43.5 Å². The van der Waals surface area contributed by atoms with Crippen molar-refractivity contribution in [3.05, 3.63) is 29.7 Å². The van der Waals surface area contributed by atoms with Crippen LogP contribution in [0, 0.1) is 5.92 Å². The van der Waals surface area contributed by atoms with Crippen molar-refractivity contribution >= 4 is 5.91 Å². The van der Waals surface area contributed by atoms with Crippen LogP contribution in [-0.2, 0) is 17.7 Å². The third kappa shape index (κ3) is 4.11. The summed E-state index contributed by atoms with van der Waals surface area (Å²) in [5, 5.41) is 8.30. The van der Waals surface area contributed by atoms with E-state index in [2.05, 4.69) is 15.2 Å². The number of hydrogen-bond donors (Lipinski definition) is 0. The molecule has 3 heterocycles. The largest absolute Gasteiger partial charge is 0.381 e. The Bertz CT molecular complexity index is 780. The zero-order valence-corrected chi connectivity index (χ0v) is 16.5. The average Bonchev–Trinajstić information content (AvgIpc) is 3.50. The fourth-order valence-corrected chi connectivity index (χ4v) is 4.27. The van der Waals surface area contributed by atoms with E-state index in [1.54, 1.807) is 16.9 Å². The van der Waals surface area contributed by atoms with Gasteiger partial charge in [-0.15, -0.1) is 0 Å². The molecule has 4 rings (SSSR count). The zero-order valence-electron chi connectivity index (χ0n) is 16.5. The normalized spacial score (nSPS) is 20.3. The van der Waals surface area contributed by atoms with Gasteiger partial charge >= 0.3 is 0 Å². The monoisotopic (exact) mass is 387 g/mol. The molecule has 0 spiro atoms. The minimum atomic E-state index is -0.159. The second-order valence-corrected chi connectivity index (χ2v) is 7.71. The lowest BCUT2D eigenvalue weighted by atomic mass is 10.1. The van der Waals surface area contributed by atoms with Crippen molar-refractivity contribution in [2.75, 3.05) is 19.8 Å². The summed E-state index contributed by atoms with van der Waals surface area (Å²) in [6, 6.07) is 1.61. The number of amides is 1. The minimum absolute atomic E-state index is 0.0264. The third-order valence-corrected chi connectivity index (χ3v) is 5.82. The van der Waals surface area contributed by atoms with Crippen LogP contribution in [-0.4, -0.2) is 50.5 Å². The zero-order chi connectivity index (χ0) is 19.3. The van der Waals surface area contributed by atoms with Crippen LogP contribution in [0.5, 0.6) is 0 Å². The van der Waals surface area contributed by atoms with Gasteiger partial charge in [0.2, 0.25) is 5.89 Å². The maximum Gasteiger partial charge on any atom is 0.272 e. The van der Waals surface area contributed by atoms with Crippen molar-refractivity contribution in [3.63, 3.8) is 0 Å². The molecule has 0 radical (unpaired) electrons. The van der Waals surface area contributed by atoms with Crippen molar-refractivity contribution < 1.29 is 14.1 Å². The summed E-state index contributed by atoms with van der Waals surface area (Å²) in [6.45, 7) is 4.78. The second kappa shape index (κ2) is 8.86. The predicted molar refractivity (Wildman–Crippen MR) is 102 cm³/mol. The van der Waals surface area contributed by atoms with E-state index < -0.39 is 0 Å². The first kappa shape index (κ1) is 19.1. The van der Waals surface area contributed by atoms with Gasteiger partial charge in [0.1, 0.15) is 11.7 Å². The van der Waals surface area contributed by atoms with Crippen molar-refractivity contribution in [3.8, 4) is 0 Å². The molecular formula is C20H29N5O3. The van der Waals surface area contributed by atoms with E-state index in [1.807, 2.05) is 11.8 Å². The van der Waals surface area contributed by atoms with E-state index in [0.717, 1.165) is 25.4 Å². The van der Waals surface area contributed by atoms with Gasteiger partial charge in [-0.1, -0.05) is 18.0 Å². The van der Waals surface area contributed by atoms with Gasteiger partial charge in [-0.2, -0.15) is 10.1 Å². The van der Waals surface area contributed by atoms with Gasteiger partial charge in [-0.3, -0.25) is 9.48 Å². The highest BCUT2D eigenvalue weighted by atomic mass is 16.5. The van der Waals surface area contributed by atoms with Gasteiger partial charge in [0.05, 0.1) is 6.61 Å². The van der Waals surface area contributed by atoms with Gasteiger partial charge in [0, 0.05) is 32.3 Å². The Morgan fingerprint density at radius 2 is 2.14 bits per heavy atom. The lowest BCUT2D eigenvalue weighted by Gasteiger charge is -2.22. The Balaban J connectivity index is 1.33. The van der Waals surface area contributed by atoms with Crippen LogP contribution in [0.2, 0.25) is 0 Å². The smallest absolute Gasteiger partial charge is 0.272 e. The van der Waals surface area contributed by atoms with Gasteiger partial charge in [0.25, 0.3) is 5.91 Å². The van der Waals surface area contributed by atoms with E-state index in [4.69, 9.17) is 9.26 Å². The first-order chi connectivity index (χ1) is 13.8. The number of aromatic nitrogens is 4. The first-order valence-corrected chi connectivity index (χ1v) is 10.5. The molecule has 28 heavy (non-hydrogen) atoms. The Kier molecular flexibility index (Phi) is 6.04. The van der Waals surface area contributed by atoms with Crippen LogP contribution in [0.15, 0.2) is 16.8 Å². The molecule has 1 atom stereocenters. The minimum Gasteiger partial charge on any atom is -0.381 e. The van der Waals surface area contributed by atoms with Gasteiger partial charge < -0.3 is 14.2 Å². The first-order valence-electron chi connectivity index (χ1n) is 10.5. The summed E-state index contributed by atoms with van der Waals surface area (Å²) in [5.41, 5.74) is 0.606. The average molecular weight is 387 g/mol. The van der Waals surface area contributed by atoms with Gasteiger partial charge in [0.15, 0.2) is 5.82 Å². The summed E-state index contributed by atoms with van der Waals surface area (Å²) in [5.74, 6) is 1.87. The molecule has 1 amide bonds. The lowest BCUT2D eigenvalue weighted by Crippen LogP contribution is -2.32. The summed E-state index contributed by atoms with van der Waals surface area (Å²) < 4.78 is 13.0. The highest BCUT2D eigenvalue weighted by Crippen LogP contribution is 2.32. The molecule has 2 aromatic heterocycles. The molecule has 8 heteroatoms. The fraction of sp³-hybridized carbons (Fsp3) is 0.700. The summed E-state index contributed by atoms with van der Waals surface area (Å²) in [7, 11) is 0. The molecule has 1 aliphatic heterocycles. The molecule has 2 fully saturated rings. The van der Waals surface area contributed by atoms with Crippen LogP contribution in [0.25, 0.3) is 0 Å². The van der Waals surface area contributed by atoms with Crippen LogP contribution < -0.4 is 0 Å². The lowest BCUT2D eigenvalue weighted by molar-refractivity contribution is 0.0697. The van der Waals surface area contributed by atoms with Gasteiger partial charge in [-0.25, -0.2) is 0 Å². The molecule has 0 bridgehead atoms. The SMILES string of the molecule is CCn1nccc1C(=O)N1CCCC1c1nc(CCOCC2CCCC2)no1. The van der Waals surface area contributed by atoms with E-state index in [-0.39, 0.29) is 11.9 Å². The number of likely N-dealkylation sites (tertiary alicyclic amines) is 1. The maximum atomic E-state index is 13.0. The fourth-order valence-electron chi connectivity index (χ4n) is 4.27. The third-order valence-electron chi connectivity index (χ3n) is 5.82. The Morgan fingerprint density at radius 3 is 2.96 bits per heavy atom. The quantitative estimate of drug-likeness (QED) is 0.647. The molecule has 2 aromatic rings. The number of hydrogen-bond acceptors (Lipinski definition) is 6. The van der Waals surface area contributed by atoms with Crippen LogP contribution >= 0.6 is 0 Å². The molecule has 1 saturated carbocycles. The topological polar surface area (TPSA) is 86.3 Å². The number of aryl methyl sites for hydroxylation is 1. The second-order valence-electron chi connectivity index (χ2n) is 7.71. The van der Waals surface area contributed by atoms with Crippen molar-refractivity contribution in [1.82, 2.24) is 24.8 Å². The molecule has 1 unspecified atom stereocenters. The Hall–Kier alpha value is -2.22. The molecule has 0 N–H and O–H groups in total. The molecule has 1 saturated heterocycles. The highest BCUT2D eigenvalue weighted by Gasteiger charge is 2.35. The van der Waals surface area contributed by atoms with Crippen molar-refractivity contribution in [1.29, 1.82) is 0 Å². The van der Waals surface area contributed by atoms with Crippen molar-refractivity contribution in [2.24, 2.45) is 5.92 Å². The molecule has 0 aromatic carbocycles. The van der Waals surface area contributed by atoms with Crippen LogP contribution in [0.4, 0.5) is 0 Å². The van der Waals surface area contributed by atoms with Crippen LogP contribution in [0.3, 0.4) is 0 Å². The molecular weight excluding hydrogens is 358 g/mol.